The lowest BCUT2D eigenvalue weighted by atomic mass is 9.70. The quantitative estimate of drug-likeness (QED) is 0.264. The second kappa shape index (κ2) is 12.3. The maximum atomic E-state index is 13.6. The van der Waals surface area contributed by atoms with Crippen molar-refractivity contribution < 1.29 is 9.59 Å². The zero-order valence-corrected chi connectivity index (χ0v) is 25.9. The fourth-order valence-corrected chi connectivity index (χ4v) is 7.18. The van der Waals surface area contributed by atoms with Crippen LogP contribution in [0, 0.1) is 22.7 Å². The molecule has 0 saturated heterocycles. The number of carbonyl (C=O) groups excluding carboxylic acids is 2. The van der Waals surface area contributed by atoms with Crippen molar-refractivity contribution in [1.82, 2.24) is 10.2 Å². The lowest BCUT2D eigenvalue weighted by molar-refractivity contribution is -0.118. The zero-order valence-electron chi connectivity index (χ0n) is 22.7. The molecule has 3 N–H and O–H groups in total. The lowest BCUT2D eigenvalue weighted by Crippen LogP contribution is -2.42. The predicted molar refractivity (Wildman–Crippen MR) is 169 cm³/mol. The van der Waals surface area contributed by atoms with Gasteiger partial charge in [0.1, 0.15) is 5.82 Å². The molecule has 1 amide bonds. The topological polar surface area (TPSA) is 125 Å². The second-order valence-corrected chi connectivity index (χ2v) is 13.6. The maximum absolute atomic E-state index is 13.6. The Hall–Kier alpha value is -3.62. The van der Waals surface area contributed by atoms with Gasteiger partial charge in [-0.1, -0.05) is 109 Å². The van der Waals surface area contributed by atoms with E-state index in [4.69, 9.17) is 28.9 Å². The van der Waals surface area contributed by atoms with Gasteiger partial charge < -0.3 is 11.1 Å². The van der Waals surface area contributed by atoms with Crippen molar-refractivity contribution in [3.05, 3.63) is 92.9 Å². The number of nitriles is 1. The fourth-order valence-electron chi connectivity index (χ4n) is 5.00. The number of benzene rings is 2. The van der Waals surface area contributed by atoms with Crippen LogP contribution in [-0.4, -0.2) is 27.6 Å². The van der Waals surface area contributed by atoms with Crippen LogP contribution in [0.2, 0.25) is 10.0 Å². The molecule has 1 aliphatic heterocycles. The molecule has 42 heavy (non-hydrogen) atoms. The summed E-state index contributed by atoms with van der Waals surface area (Å²) in [6.07, 6.45) is 4.69. The van der Waals surface area contributed by atoms with Crippen LogP contribution in [0.15, 0.2) is 81.6 Å². The minimum absolute atomic E-state index is 0.0248. The first-order valence-corrected chi connectivity index (χ1v) is 15.5. The van der Waals surface area contributed by atoms with E-state index in [2.05, 4.69) is 21.6 Å². The van der Waals surface area contributed by atoms with E-state index in [1.807, 2.05) is 56.3 Å². The van der Waals surface area contributed by atoms with Gasteiger partial charge in [0, 0.05) is 23.6 Å². The van der Waals surface area contributed by atoms with Gasteiger partial charge in [-0.25, -0.2) is 0 Å². The number of hydrogen-bond acceptors (Lipinski definition) is 9. The Labute approximate surface area is 261 Å². The summed E-state index contributed by atoms with van der Waals surface area (Å²) in [5.74, 6) is -0.663. The minimum atomic E-state index is -0.577. The van der Waals surface area contributed by atoms with Crippen molar-refractivity contribution in [3.63, 3.8) is 0 Å². The Morgan fingerprint density at radius 3 is 2.60 bits per heavy atom. The standard InChI is InChI=1S/C30H26Cl2N6O2S2/c1-30(2)13-22-25(23(39)14-30)18(12-11-17-7-4-3-5-8-17)19(15-33)27(34)38(22)28-36-37-29(42-28)41-16-24(40)35-26-20(31)9-6-10-21(26)32/h3-12,18H,13-14,16,34H2,1-2H3,(H,35,40)/b12-11+. The molecule has 2 heterocycles. The molecule has 0 spiro atoms. The van der Waals surface area contributed by atoms with Crippen LogP contribution in [0.25, 0.3) is 6.08 Å². The average molecular weight is 638 g/mol. The average Bonchev–Trinajstić information content (AvgIpc) is 3.41. The number of nitrogens with zero attached hydrogens (tertiary/aromatic N) is 4. The van der Waals surface area contributed by atoms with Gasteiger partial charge in [-0.05, 0) is 29.5 Å². The molecule has 1 aliphatic carbocycles. The van der Waals surface area contributed by atoms with E-state index in [1.165, 1.54) is 23.1 Å². The highest BCUT2D eigenvalue weighted by Crippen LogP contribution is 2.48. The number of anilines is 2. The smallest absolute Gasteiger partial charge is 0.234 e. The van der Waals surface area contributed by atoms with Crippen molar-refractivity contribution in [2.45, 2.75) is 31.0 Å². The van der Waals surface area contributed by atoms with Crippen molar-refractivity contribution >= 4 is 74.9 Å². The Balaban J connectivity index is 1.43. The van der Waals surface area contributed by atoms with Crippen LogP contribution in [0.4, 0.5) is 10.8 Å². The second-order valence-electron chi connectivity index (χ2n) is 10.6. The molecule has 8 nitrogen and oxygen atoms in total. The summed E-state index contributed by atoms with van der Waals surface area (Å²) >= 11 is 14.7. The van der Waals surface area contributed by atoms with Gasteiger partial charge in [0.2, 0.25) is 11.0 Å². The summed E-state index contributed by atoms with van der Waals surface area (Å²) in [5.41, 5.74) is 9.18. The van der Waals surface area contributed by atoms with Gasteiger partial charge in [0.25, 0.3) is 0 Å². The molecule has 2 aromatic carbocycles. The largest absolute Gasteiger partial charge is 0.384 e. The van der Waals surface area contributed by atoms with E-state index in [9.17, 15) is 14.9 Å². The molecule has 0 bridgehead atoms. The molecule has 2 aliphatic rings. The number of Topliss-reactive ketones (excluding diaryl/α,β-unsaturated/α-hetero) is 1. The lowest BCUT2D eigenvalue weighted by Gasteiger charge is -2.41. The zero-order chi connectivity index (χ0) is 30.0. The highest BCUT2D eigenvalue weighted by molar-refractivity contribution is 8.01. The number of para-hydroxylation sites is 1. The van der Waals surface area contributed by atoms with E-state index < -0.39 is 5.92 Å². The highest BCUT2D eigenvalue weighted by atomic mass is 35.5. The van der Waals surface area contributed by atoms with Gasteiger partial charge in [-0.15, -0.1) is 10.2 Å². The number of nitrogens with one attached hydrogen (secondary N) is 1. The van der Waals surface area contributed by atoms with Gasteiger partial charge in [0.15, 0.2) is 10.1 Å². The first kappa shape index (κ1) is 29.9. The Kier molecular flexibility index (Phi) is 8.76. The van der Waals surface area contributed by atoms with Crippen molar-refractivity contribution in [3.8, 4) is 6.07 Å². The van der Waals surface area contributed by atoms with Gasteiger partial charge >= 0.3 is 0 Å². The van der Waals surface area contributed by atoms with Crippen LogP contribution in [0.1, 0.15) is 32.3 Å². The third-order valence-electron chi connectivity index (χ3n) is 6.85. The number of carbonyl (C=O) groups is 2. The van der Waals surface area contributed by atoms with Gasteiger partial charge in [-0.3, -0.25) is 14.5 Å². The number of nitrogens with two attached hydrogens (primary N) is 1. The molecule has 1 aromatic heterocycles. The number of aromatic nitrogens is 2. The fraction of sp³-hybridized carbons (Fsp3) is 0.233. The van der Waals surface area contributed by atoms with Gasteiger partial charge in [-0.2, -0.15) is 5.26 Å². The summed E-state index contributed by atoms with van der Waals surface area (Å²) in [6, 6.07) is 16.9. The van der Waals surface area contributed by atoms with Crippen LogP contribution in [-0.2, 0) is 9.59 Å². The van der Waals surface area contributed by atoms with Crippen molar-refractivity contribution in [2.24, 2.45) is 17.1 Å². The van der Waals surface area contributed by atoms with E-state index in [-0.39, 0.29) is 34.3 Å². The number of allylic oxidation sites excluding steroid dienone is 4. The maximum Gasteiger partial charge on any atom is 0.234 e. The molecule has 12 heteroatoms. The summed E-state index contributed by atoms with van der Waals surface area (Å²) in [7, 11) is 0. The Morgan fingerprint density at radius 1 is 1.19 bits per heavy atom. The number of halogens is 2. The third kappa shape index (κ3) is 6.25. The molecule has 0 fully saturated rings. The van der Waals surface area contributed by atoms with Crippen LogP contribution in [0.3, 0.4) is 0 Å². The molecule has 0 saturated carbocycles. The molecule has 5 rings (SSSR count). The molecule has 1 unspecified atom stereocenters. The first-order valence-electron chi connectivity index (χ1n) is 13.0. The van der Waals surface area contributed by atoms with Crippen LogP contribution >= 0.6 is 46.3 Å². The number of hydrogen-bond donors (Lipinski definition) is 2. The number of amides is 1. The first-order chi connectivity index (χ1) is 20.1. The molecule has 0 radical (unpaired) electrons. The van der Waals surface area contributed by atoms with E-state index in [1.54, 1.807) is 23.1 Å². The molecule has 1 atom stereocenters. The van der Waals surface area contributed by atoms with E-state index in [0.717, 1.165) is 5.56 Å². The Bertz CT molecular complexity index is 1670. The Morgan fingerprint density at radius 2 is 1.90 bits per heavy atom. The summed E-state index contributed by atoms with van der Waals surface area (Å²) in [4.78, 5) is 27.9. The monoisotopic (exact) mass is 636 g/mol. The normalized spacial score (nSPS) is 18.3. The number of thioether (sulfide) groups is 1. The molecular formula is C30H26Cl2N6O2S2. The summed E-state index contributed by atoms with van der Waals surface area (Å²) in [6.45, 7) is 4.07. The molecular weight excluding hydrogens is 611 g/mol. The van der Waals surface area contributed by atoms with E-state index in [0.29, 0.717) is 49.3 Å². The molecule has 214 valence electrons. The van der Waals surface area contributed by atoms with E-state index >= 15 is 0 Å². The SMILES string of the molecule is CC1(C)CC(=O)C2=C(C1)N(c1nnc(SCC(=O)Nc3c(Cl)cccc3Cl)s1)C(N)=C(C#N)C2/C=C/c1ccccc1. The summed E-state index contributed by atoms with van der Waals surface area (Å²) < 4.78 is 0.520. The van der Waals surface area contributed by atoms with Gasteiger partial charge in [0.05, 0.1) is 33.1 Å². The number of ketones is 1. The summed E-state index contributed by atoms with van der Waals surface area (Å²) in [5, 5.41) is 22.6. The minimum Gasteiger partial charge on any atom is -0.384 e. The third-order valence-corrected chi connectivity index (χ3v) is 9.52. The van der Waals surface area contributed by atoms with Crippen molar-refractivity contribution in [2.75, 3.05) is 16.0 Å². The van der Waals surface area contributed by atoms with Crippen molar-refractivity contribution in [1.29, 1.82) is 5.26 Å². The van der Waals surface area contributed by atoms with Crippen LogP contribution in [0.5, 0.6) is 0 Å². The number of rotatable bonds is 7. The molecule has 3 aromatic rings. The highest BCUT2D eigenvalue weighted by Gasteiger charge is 2.44. The predicted octanol–water partition coefficient (Wildman–Crippen LogP) is 7.06. The van der Waals surface area contributed by atoms with Crippen LogP contribution < -0.4 is 16.0 Å².